The zero-order chi connectivity index (χ0) is 14.1. The van der Waals surface area contributed by atoms with E-state index in [0.29, 0.717) is 0 Å². The molecular weight excluding hydrogens is 240 g/mol. The number of carboxylic acids is 1. The van der Waals surface area contributed by atoms with E-state index in [0.717, 1.165) is 0 Å². The lowest BCUT2D eigenvalue weighted by molar-refractivity contribution is -0.144. The van der Waals surface area contributed by atoms with Crippen LogP contribution in [0.5, 0.6) is 0 Å². The highest BCUT2D eigenvalue weighted by Crippen LogP contribution is 2.01. The number of aliphatic carboxylic acids is 1. The molecule has 0 bridgehead atoms. The van der Waals surface area contributed by atoms with Crippen LogP contribution in [0, 0.1) is 0 Å². The van der Waals surface area contributed by atoms with Crippen LogP contribution in [-0.2, 0) is 19.1 Å². The molecule has 0 heterocycles. The number of carboxylic acid groups (broad SMARTS) is 1. The van der Waals surface area contributed by atoms with Gasteiger partial charge in [0.2, 0.25) is 5.91 Å². The predicted molar refractivity (Wildman–Crippen MR) is 63.6 cm³/mol. The normalized spacial score (nSPS) is 13.2. The van der Waals surface area contributed by atoms with E-state index in [4.69, 9.17) is 10.8 Å². The van der Waals surface area contributed by atoms with E-state index in [1.54, 1.807) is 0 Å². The van der Waals surface area contributed by atoms with E-state index in [2.05, 4.69) is 16.6 Å². The van der Waals surface area contributed by atoms with Gasteiger partial charge in [-0.3, -0.25) is 9.59 Å². The number of nitrogens with two attached hydrogens (primary N) is 1. The van der Waals surface area contributed by atoms with Crippen molar-refractivity contribution < 1.29 is 24.2 Å². The Morgan fingerprint density at radius 3 is 2.56 bits per heavy atom. The van der Waals surface area contributed by atoms with Crippen LogP contribution in [0.2, 0.25) is 0 Å². The summed E-state index contributed by atoms with van der Waals surface area (Å²) in [6.45, 7) is 3.43. The molecule has 0 fully saturated rings. The third-order valence-electron chi connectivity index (χ3n) is 2.24. The highest BCUT2D eigenvalue weighted by atomic mass is 16.5. The molecule has 0 saturated carbocycles. The first kappa shape index (κ1) is 16.1. The molecule has 0 aliphatic rings. The summed E-state index contributed by atoms with van der Waals surface area (Å²) in [7, 11) is 1.21. The van der Waals surface area contributed by atoms with Crippen molar-refractivity contribution in [3.8, 4) is 0 Å². The number of nitrogens with one attached hydrogen (secondary N) is 1. The molecule has 0 aromatic heterocycles. The Morgan fingerprint density at radius 1 is 1.50 bits per heavy atom. The zero-order valence-electron chi connectivity index (χ0n) is 10.2. The van der Waals surface area contributed by atoms with Gasteiger partial charge in [0.15, 0.2) is 0 Å². The Labute approximate surface area is 105 Å². The quantitative estimate of drug-likeness (QED) is 0.395. The molecule has 0 radical (unpaired) electrons. The molecule has 0 rings (SSSR count). The maximum Gasteiger partial charge on any atom is 0.326 e. The van der Waals surface area contributed by atoms with E-state index in [1.807, 2.05) is 0 Å². The van der Waals surface area contributed by atoms with Crippen molar-refractivity contribution in [2.24, 2.45) is 5.73 Å². The lowest BCUT2D eigenvalue weighted by Gasteiger charge is -2.16. The van der Waals surface area contributed by atoms with Crippen molar-refractivity contribution in [2.45, 2.75) is 31.3 Å². The van der Waals surface area contributed by atoms with E-state index >= 15 is 0 Å². The fraction of sp³-hybridized carbons (Fsp3) is 0.545. The summed E-state index contributed by atoms with van der Waals surface area (Å²) in [6.07, 6.45) is 1.57. The van der Waals surface area contributed by atoms with Crippen LogP contribution in [0.3, 0.4) is 0 Å². The van der Waals surface area contributed by atoms with Gasteiger partial charge in [0, 0.05) is 6.42 Å². The fourth-order valence-corrected chi connectivity index (χ4v) is 1.19. The zero-order valence-corrected chi connectivity index (χ0v) is 10.2. The Bertz CT molecular complexity index is 329. The summed E-state index contributed by atoms with van der Waals surface area (Å²) in [5, 5.41) is 11.2. The molecule has 1 amide bonds. The number of ether oxygens (including phenoxy) is 1. The molecule has 0 aliphatic heterocycles. The van der Waals surface area contributed by atoms with Crippen molar-refractivity contribution in [3.63, 3.8) is 0 Å². The number of hydrogen-bond donors (Lipinski definition) is 3. The van der Waals surface area contributed by atoms with Gasteiger partial charge in [-0.25, -0.2) is 4.79 Å². The van der Waals surface area contributed by atoms with Gasteiger partial charge in [-0.2, -0.15) is 0 Å². The lowest BCUT2D eigenvalue weighted by atomic mass is 10.1. The van der Waals surface area contributed by atoms with E-state index in [9.17, 15) is 14.4 Å². The summed E-state index contributed by atoms with van der Waals surface area (Å²) in [4.78, 5) is 33.3. The summed E-state index contributed by atoms with van der Waals surface area (Å²) in [5.74, 6) is -2.35. The second-order valence-corrected chi connectivity index (χ2v) is 3.65. The SMILES string of the molecule is C=CCC(N)C(=O)N[C@@H](CCC(=O)OC)C(=O)O. The molecular formula is C11H18N2O5. The van der Waals surface area contributed by atoms with Crippen molar-refractivity contribution in [2.75, 3.05) is 7.11 Å². The van der Waals surface area contributed by atoms with Crippen molar-refractivity contribution >= 4 is 17.8 Å². The molecule has 7 heteroatoms. The molecule has 4 N–H and O–H groups in total. The standard InChI is InChI=1S/C11H18N2O5/c1-3-4-7(12)10(15)13-8(11(16)17)5-6-9(14)18-2/h3,7-8H,1,4-6,12H2,2H3,(H,13,15)(H,16,17)/t7?,8-/m0/s1. The minimum atomic E-state index is -1.22. The molecule has 1 unspecified atom stereocenters. The molecule has 7 nitrogen and oxygen atoms in total. The first-order valence-corrected chi connectivity index (χ1v) is 5.38. The first-order valence-electron chi connectivity index (χ1n) is 5.38. The average molecular weight is 258 g/mol. The van der Waals surface area contributed by atoms with Gasteiger partial charge < -0.3 is 20.9 Å². The number of amides is 1. The van der Waals surface area contributed by atoms with Gasteiger partial charge in [0.1, 0.15) is 6.04 Å². The van der Waals surface area contributed by atoms with E-state index in [1.165, 1.54) is 13.2 Å². The van der Waals surface area contributed by atoms with Crippen LogP contribution < -0.4 is 11.1 Å². The van der Waals surface area contributed by atoms with Gasteiger partial charge in [-0.1, -0.05) is 6.08 Å². The van der Waals surface area contributed by atoms with Gasteiger partial charge in [-0.15, -0.1) is 6.58 Å². The average Bonchev–Trinajstić information content (AvgIpc) is 2.33. The molecule has 102 valence electrons. The maximum absolute atomic E-state index is 11.5. The van der Waals surface area contributed by atoms with Crippen molar-refractivity contribution in [3.05, 3.63) is 12.7 Å². The highest BCUT2D eigenvalue weighted by molar-refractivity contribution is 5.87. The van der Waals surface area contributed by atoms with Gasteiger partial charge in [0.05, 0.1) is 13.2 Å². The van der Waals surface area contributed by atoms with Crippen LogP contribution in [0.4, 0.5) is 0 Å². The van der Waals surface area contributed by atoms with Crippen LogP contribution in [-0.4, -0.2) is 42.1 Å². The topological polar surface area (TPSA) is 119 Å². The maximum atomic E-state index is 11.5. The largest absolute Gasteiger partial charge is 0.480 e. The first-order chi connectivity index (χ1) is 8.42. The minimum absolute atomic E-state index is 0.0471. The number of methoxy groups -OCH3 is 1. The second kappa shape index (κ2) is 8.24. The molecule has 18 heavy (non-hydrogen) atoms. The van der Waals surface area contributed by atoms with E-state index in [-0.39, 0.29) is 19.3 Å². The van der Waals surface area contributed by atoms with Crippen LogP contribution in [0.1, 0.15) is 19.3 Å². The van der Waals surface area contributed by atoms with Crippen LogP contribution >= 0.6 is 0 Å². The monoisotopic (exact) mass is 258 g/mol. The molecule has 2 atom stereocenters. The lowest BCUT2D eigenvalue weighted by Crippen LogP contribution is -2.48. The summed E-state index contributed by atoms with van der Waals surface area (Å²) in [6, 6.07) is -2.00. The number of rotatable bonds is 8. The Kier molecular flexibility index (Phi) is 7.37. The molecule has 0 aliphatic carbocycles. The molecule has 0 aromatic rings. The molecule has 0 spiro atoms. The number of carbonyl (C=O) groups is 3. The van der Waals surface area contributed by atoms with Gasteiger partial charge in [-0.05, 0) is 12.8 Å². The fourth-order valence-electron chi connectivity index (χ4n) is 1.19. The van der Waals surface area contributed by atoms with Crippen LogP contribution in [0.25, 0.3) is 0 Å². The van der Waals surface area contributed by atoms with Gasteiger partial charge in [0.25, 0.3) is 0 Å². The molecule has 0 aromatic carbocycles. The highest BCUT2D eigenvalue weighted by Gasteiger charge is 2.23. The Morgan fingerprint density at radius 2 is 2.11 bits per heavy atom. The number of carbonyl (C=O) groups excluding carboxylic acids is 2. The van der Waals surface area contributed by atoms with Crippen molar-refractivity contribution in [1.29, 1.82) is 0 Å². The smallest absolute Gasteiger partial charge is 0.326 e. The number of hydrogen-bond acceptors (Lipinski definition) is 5. The minimum Gasteiger partial charge on any atom is -0.480 e. The Balaban J connectivity index is 4.35. The van der Waals surface area contributed by atoms with Gasteiger partial charge >= 0.3 is 11.9 Å². The third-order valence-corrected chi connectivity index (χ3v) is 2.24. The van der Waals surface area contributed by atoms with E-state index < -0.39 is 29.9 Å². The summed E-state index contributed by atoms with van der Waals surface area (Å²) in [5.41, 5.74) is 5.49. The summed E-state index contributed by atoms with van der Waals surface area (Å²) >= 11 is 0. The van der Waals surface area contributed by atoms with Crippen molar-refractivity contribution in [1.82, 2.24) is 5.32 Å². The third kappa shape index (κ3) is 6.00. The Hall–Kier alpha value is -1.89. The molecule has 0 saturated heterocycles. The number of esters is 1. The predicted octanol–water partition coefficient (Wildman–Crippen LogP) is -0.588. The van der Waals surface area contributed by atoms with Crippen LogP contribution in [0.15, 0.2) is 12.7 Å². The second-order valence-electron chi connectivity index (χ2n) is 3.65. The summed E-state index contributed by atoms with van der Waals surface area (Å²) < 4.78 is 4.39.